The number of Topliss-reactive ketones (excluding diaryl/α,β-unsaturated/α-hetero) is 1. The topological polar surface area (TPSA) is 77.5 Å². The number of carbonyl (C=O) groups excluding carboxylic acids is 2. The highest BCUT2D eigenvalue weighted by Gasteiger charge is 2.29. The lowest BCUT2D eigenvalue weighted by Gasteiger charge is -2.21. The summed E-state index contributed by atoms with van der Waals surface area (Å²) in [5.41, 5.74) is 1.08. The predicted molar refractivity (Wildman–Crippen MR) is 98.1 cm³/mol. The second kappa shape index (κ2) is 9.56. The normalized spacial score (nSPS) is 11.7. The molecular formula is C20H24N2O4. The van der Waals surface area contributed by atoms with Crippen molar-refractivity contribution in [2.24, 2.45) is 5.92 Å². The van der Waals surface area contributed by atoms with Gasteiger partial charge in [0.15, 0.2) is 5.69 Å². The Balaban J connectivity index is 2.06. The molecule has 1 heterocycles. The molecule has 6 heteroatoms. The van der Waals surface area contributed by atoms with E-state index < -0.39 is 12.1 Å². The monoisotopic (exact) mass is 356 g/mol. The van der Waals surface area contributed by atoms with Gasteiger partial charge in [-0.25, -0.2) is 9.78 Å². The van der Waals surface area contributed by atoms with E-state index in [0.29, 0.717) is 12.4 Å². The molecule has 26 heavy (non-hydrogen) atoms. The number of ether oxygens (including phenoxy) is 2. The zero-order valence-corrected chi connectivity index (χ0v) is 15.3. The lowest BCUT2D eigenvalue weighted by Crippen LogP contribution is -2.45. The molecular weight excluding hydrogens is 332 g/mol. The van der Waals surface area contributed by atoms with Gasteiger partial charge in [0.05, 0.1) is 12.6 Å². The lowest BCUT2D eigenvalue weighted by atomic mass is 9.97. The van der Waals surface area contributed by atoms with Gasteiger partial charge in [-0.1, -0.05) is 44.2 Å². The van der Waals surface area contributed by atoms with Crippen LogP contribution in [-0.2, 0) is 11.3 Å². The van der Waals surface area contributed by atoms with Crippen LogP contribution in [0.3, 0.4) is 0 Å². The maximum absolute atomic E-state index is 12.9. The number of rotatable bonds is 8. The quantitative estimate of drug-likeness (QED) is 0.731. The fourth-order valence-electron chi connectivity index (χ4n) is 2.42. The number of nitrogens with one attached hydrogen (secondary N) is 1. The van der Waals surface area contributed by atoms with Crippen molar-refractivity contribution in [1.29, 1.82) is 0 Å². The third kappa shape index (κ3) is 5.31. The molecule has 0 fully saturated rings. The van der Waals surface area contributed by atoms with Gasteiger partial charge in [0.2, 0.25) is 5.78 Å². The Morgan fingerprint density at radius 3 is 2.50 bits per heavy atom. The number of carbonyl (C=O) groups is 2. The predicted octanol–water partition coefficient (Wildman–Crippen LogP) is 3.61. The average molecular weight is 356 g/mol. The standard InChI is InChI=1S/C20H24N2O4/c1-4-25-16-11-8-12-21-18(16)19(23)17(14(2)3)22-20(24)26-13-15-9-6-5-7-10-15/h5-12,14,17H,4,13H2,1-3H3,(H,22,24)/t17-/m0/s1. The van der Waals surface area contributed by atoms with E-state index in [9.17, 15) is 9.59 Å². The first-order chi connectivity index (χ1) is 12.5. The van der Waals surface area contributed by atoms with Crippen molar-refractivity contribution in [3.8, 4) is 5.75 Å². The van der Waals surface area contributed by atoms with Gasteiger partial charge in [-0.15, -0.1) is 0 Å². The fourth-order valence-corrected chi connectivity index (χ4v) is 2.42. The minimum Gasteiger partial charge on any atom is -0.491 e. The van der Waals surface area contributed by atoms with Crippen LogP contribution in [-0.4, -0.2) is 29.5 Å². The van der Waals surface area contributed by atoms with Crippen molar-refractivity contribution >= 4 is 11.9 Å². The molecule has 6 nitrogen and oxygen atoms in total. The Kier molecular flexibility index (Phi) is 7.14. The van der Waals surface area contributed by atoms with E-state index in [-0.39, 0.29) is 24.0 Å². The minimum atomic E-state index is -0.757. The van der Waals surface area contributed by atoms with Crippen LogP contribution in [0.5, 0.6) is 5.75 Å². The number of pyridine rings is 1. The van der Waals surface area contributed by atoms with Crippen LogP contribution in [0, 0.1) is 5.92 Å². The first kappa shape index (κ1) is 19.4. The van der Waals surface area contributed by atoms with E-state index in [1.165, 1.54) is 6.20 Å². The number of hydrogen-bond donors (Lipinski definition) is 1. The summed E-state index contributed by atoms with van der Waals surface area (Å²) in [6.45, 7) is 6.09. The third-order valence-electron chi connectivity index (χ3n) is 3.74. The third-order valence-corrected chi connectivity index (χ3v) is 3.74. The molecule has 0 aliphatic carbocycles. The summed E-state index contributed by atoms with van der Waals surface area (Å²) in [6, 6.07) is 12.0. The van der Waals surface area contributed by atoms with Gasteiger partial charge >= 0.3 is 6.09 Å². The zero-order chi connectivity index (χ0) is 18.9. The minimum absolute atomic E-state index is 0.136. The molecule has 1 amide bonds. The highest BCUT2D eigenvalue weighted by atomic mass is 16.5. The van der Waals surface area contributed by atoms with Crippen molar-refractivity contribution in [2.75, 3.05) is 6.61 Å². The SMILES string of the molecule is CCOc1cccnc1C(=O)[C@@H](NC(=O)OCc1ccccc1)C(C)C. The van der Waals surface area contributed by atoms with E-state index in [4.69, 9.17) is 9.47 Å². The van der Waals surface area contributed by atoms with Gasteiger partial charge in [0.1, 0.15) is 12.4 Å². The molecule has 0 unspecified atom stereocenters. The Morgan fingerprint density at radius 1 is 1.12 bits per heavy atom. The summed E-state index contributed by atoms with van der Waals surface area (Å²) in [5.74, 6) is -0.0333. The van der Waals surface area contributed by atoms with Crippen LogP contribution < -0.4 is 10.1 Å². The largest absolute Gasteiger partial charge is 0.491 e. The van der Waals surface area contributed by atoms with Crippen LogP contribution in [0.4, 0.5) is 4.79 Å². The zero-order valence-electron chi connectivity index (χ0n) is 15.3. The second-order valence-electron chi connectivity index (χ2n) is 6.08. The first-order valence-electron chi connectivity index (χ1n) is 8.62. The van der Waals surface area contributed by atoms with Gasteiger partial charge in [0, 0.05) is 6.20 Å². The molecule has 0 spiro atoms. The Hall–Kier alpha value is -2.89. The van der Waals surface area contributed by atoms with E-state index in [2.05, 4.69) is 10.3 Å². The first-order valence-corrected chi connectivity index (χ1v) is 8.62. The summed E-state index contributed by atoms with van der Waals surface area (Å²) in [4.78, 5) is 29.2. The average Bonchev–Trinajstić information content (AvgIpc) is 2.65. The number of amides is 1. The van der Waals surface area contributed by atoms with Crippen molar-refractivity contribution < 1.29 is 19.1 Å². The molecule has 2 aromatic rings. The van der Waals surface area contributed by atoms with Crippen LogP contribution in [0.15, 0.2) is 48.7 Å². The summed E-state index contributed by atoms with van der Waals surface area (Å²) >= 11 is 0. The summed E-state index contributed by atoms with van der Waals surface area (Å²) in [6.07, 6.45) is 0.885. The maximum Gasteiger partial charge on any atom is 0.408 e. The molecule has 1 aromatic carbocycles. The van der Waals surface area contributed by atoms with E-state index >= 15 is 0 Å². The number of benzene rings is 1. The smallest absolute Gasteiger partial charge is 0.408 e. The fraction of sp³-hybridized carbons (Fsp3) is 0.350. The van der Waals surface area contributed by atoms with E-state index in [0.717, 1.165) is 5.56 Å². The second-order valence-corrected chi connectivity index (χ2v) is 6.08. The van der Waals surface area contributed by atoms with Crippen molar-refractivity contribution in [2.45, 2.75) is 33.4 Å². The number of aromatic nitrogens is 1. The molecule has 0 saturated heterocycles. The Bertz CT molecular complexity index is 732. The Morgan fingerprint density at radius 2 is 1.85 bits per heavy atom. The number of ketones is 1. The number of alkyl carbamates (subject to hydrolysis) is 1. The summed E-state index contributed by atoms with van der Waals surface area (Å²) in [7, 11) is 0. The molecule has 0 bridgehead atoms. The summed E-state index contributed by atoms with van der Waals surface area (Å²) in [5, 5.41) is 2.65. The molecule has 1 N–H and O–H groups in total. The van der Waals surface area contributed by atoms with Crippen molar-refractivity contribution in [3.63, 3.8) is 0 Å². The lowest BCUT2D eigenvalue weighted by molar-refractivity contribution is 0.0877. The van der Waals surface area contributed by atoms with E-state index in [1.807, 2.05) is 51.1 Å². The maximum atomic E-state index is 12.9. The van der Waals surface area contributed by atoms with Crippen molar-refractivity contribution in [1.82, 2.24) is 10.3 Å². The number of hydrogen-bond acceptors (Lipinski definition) is 5. The van der Waals surface area contributed by atoms with Gasteiger partial charge in [-0.05, 0) is 30.5 Å². The van der Waals surface area contributed by atoms with Crippen LogP contribution in [0.2, 0.25) is 0 Å². The molecule has 1 aromatic heterocycles. The Labute approximate surface area is 153 Å². The molecule has 0 radical (unpaired) electrons. The highest BCUT2D eigenvalue weighted by Crippen LogP contribution is 2.19. The van der Waals surface area contributed by atoms with Crippen LogP contribution >= 0.6 is 0 Å². The van der Waals surface area contributed by atoms with Gasteiger partial charge in [0.25, 0.3) is 0 Å². The number of nitrogens with zero attached hydrogens (tertiary/aromatic N) is 1. The molecule has 138 valence electrons. The van der Waals surface area contributed by atoms with Crippen LogP contribution in [0.25, 0.3) is 0 Å². The van der Waals surface area contributed by atoms with Gasteiger partial charge in [-0.2, -0.15) is 0 Å². The van der Waals surface area contributed by atoms with Gasteiger partial charge < -0.3 is 14.8 Å². The van der Waals surface area contributed by atoms with Crippen LogP contribution in [0.1, 0.15) is 36.8 Å². The summed E-state index contributed by atoms with van der Waals surface area (Å²) < 4.78 is 10.7. The molecule has 0 aliphatic heterocycles. The van der Waals surface area contributed by atoms with E-state index in [1.54, 1.807) is 12.1 Å². The molecule has 2 rings (SSSR count). The highest BCUT2D eigenvalue weighted by molar-refractivity contribution is 6.02. The molecule has 1 atom stereocenters. The van der Waals surface area contributed by atoms with Crippen molar-refractivity contribution in [3.05, 3.63) is 59.9 Å². The molecule has 0 aliphatic rings. The molecule has 0 saturated carbocycles. The van der Waals surface area contributed by atoms with Gasteiger partial charge in [-0.3, -0.25) is 4.79 Å².